The molecule has 0 bridgehead atoms. The molecule has 4 heteroatoms. The molecule has 3 nitrogen and oxygen atoms in total. The largest absolute Gasteiger partial charge is 0.489 e. The van der Waals surface area contributed by atoms with Crippen LogP contribution in [-0.2, 0) is 10.3 Å². The molecule has 3 rings (SSSR count). The molecule has 0 aliphatic heterocycles. The second-order valence-corrected chi connectivity index (χ2v) is 6.03. The minimum absolute atomic E-state index is 0.332. The highest BCUT2D eigenvalue weighted by molar-refractivity contribution is 9.10. The average molecular weight is 308 g/mol. The van der Waals surface area contributed by atoms with Crippen molar-refractivity contribution in [2.45, 2.75) is 44.2 Å². The second kappa shape index (κ2) is 4.22. The molecule has 2 aliphatic rings. The molecule has 2 fully saturated rings. The minimum atomic E-state index is -0.374. The Morgan fingerprint density at radius 3 is 2.72 bits per heavy atom. The van der Waals surface area contributed by atoms with Gasteiger partial charge in [0, 0.05) is 5.56 Å². The third kappa shape index (κ3) is 2.11. The summed E-state index contributed by atoms with van der Waals surface area (Å²) in [4.78, 5) is 14.6. The second-order valence-electron chi connectivity index (χ2n) is 5.18. The molecule has 0 aromatic heterocycles. The van der Waals surface area contributed by atoms with Crippen molar-refractivity contribution < 1.29 is 9.53 Å². The SMILES string of the molecule is Cc1cc(Br)c(OC2CC2)c(C2(N=C=O)CC2)c1. The van der Waals surface area contributed by atoms with Crippen LogP contribution in [-0.4, -0.2) is 12.2 Å². The number of nitrogens with zero attached hydrogens (tertiary/aromatic N) is 1. The zero-order valence-corrected chi connectivity index (χ0v) is 11.8. The van der Waals surface area contributed by atoms with Gasteiger partial charge in [0.25, 0.3) is 0 Å². The van der Waals surface area contributed by atoms with Gasteiger partial charge in [-0.15, -0.1) is 0 Å². The van der Waals surface area contributed by atoms with E-state index in [2.05, 4.69) is 27.0 Å². The number of rotatable bonds is 4. The number of halogens is 1. The van der Waals surface area contributed by atoms with Crippen LogP contribution in [0.25, 0.3) is 0 Å². The Morgan fingerprint density at radius 2 is 2.17 bits per heavy atom. The van der Waals surface area contributed by atoms with Gasteiger partial charge in [-0.3, -0.25) is 0 Å². The molecule has 0 radical (unpaired) electrons. The van der Waals surface area contributed by atoms with E-state index in [0.29, 0.717) is 6.10 Å². The maximum atomic E-state index is 10.6. The number of ether oxygens (including phenoxy) is 1. The molecule has 0 amide bonds. The number of aliphatic imine (C=N–C) groups is 1. The maximum absolute atomic E-state index is 10.6. The van der Waals surface area contributed by atoms with E-state index >= 15 is 0 Å². The lowest BCUT2D eigenvalue weighted by Gasteiger charge is -2.17. The third-order valence-corrected chi connectivity index (χ3v) is 4.07. The topological polar surface area (TPSA) is 38.7 Å². The maximum Gasteiger partial charge on any atom is 0.235 e. The lowest BCUT2D eigenvalue weighted by Crippen LogP contribution is -2.09. The van der Waals surface area contributed by atoms with Crippen LogP contribution in [0.2, 0.25) is 0 Å². The molecular formula is C14H14BrNO2. The summed E-state index contributed by atoms with van der Waals surface area (Å²) in [7, 11) is 0. The van der Waals surface area contributed by atoms with Gasteiger partial charge in [-0.05, 0) is 66.2 Å². The molecule has 18 heavy (non-hydrogen) atoms. The highest BCUT2D eigenvalue weighted by Crippen LogP contribution is 2.54. The first-order valence-electron chi connectivity index (χ1n) is 6.21. The van der Waals surface area contributed by atoms with Crippen molar-refractivity contribution in [3.05, 3.63) is 27.7 Å². The van der Waals surface area contributed by atoms with E-state index in [1.165, 1.54) is 0 Å². The molecule has 0 N–H and O–H groups in total. The fraction of sp³-hybridized carbons (Fsp3) is 0.500. The summed E-state index contributed by atoms with van der Waals surface area (Å²) in [6.45, 7) is 2.04. The van der Waals surface area contributed by atoms with Crippen LogP contribution in [0.15, 0.2) is 21.6 Å². The van der Waals surface area contributed by atoms with Crippen molar-refractivity contribution in [1.82, 2.24) is 0 Å². The van der Waals surface area contributed by atoms with E-state index in [-0.39, 0.29) is 5.54 Å². The Morgan fingerprint density at radius 1 is 1.44 bits per heavy atom. The summed E-state index contributed by atoms with van der Waals surface area (Å²) < 4.78 is 6.93. The summed E-state index contributed by atoms with van der Waals surface area (Å²) in [5, 5.41) is 0. The molecule has 94 valence electrons. The van der Waals surface area contributed by atoms with Crippen LogP contribution >= 0.6 is 15.9 Å². The normalized spacial score (nSPS) is 20.1. The molecule has 0 atom stereocenters. The Labute approximate surface area is 114 Å². The van der Waals surface area contributed by atoms with Crippen molar-refractivity contribution in [1.29, 1.82) is 0 Å². The van der Waals surface area contributed by atoms with Gasteiger partial charge in [0.1, 0.15) is 11.3 Å². The fourth-order valence-electron chi connectivity index (χ4n) is 2.19. The Balaban J connectivity index is 2.07. The quantitative estimate of drug-likeness (QED) is 0.629. The number of isocyanates is 1. The van der Waals surface area contributed by atoms with Crippen LogP contribution < -0.4 is 4.74 Å². The summed E-state index contributed by atoms with van der Waals surface area (Å²) in [5.74, 6) is 0.861. The van der Waals surface area contributed by atoms with E-state index in [9.17, 15) is 4.79 Å². The van der Waals surface area contributed by atoms with E-state index in [1.807, 2.05) is 13.0 Å². The predicted molar refractivity (Wildman–Crippen MR) is 71.6 cm³/mol. The van der Waals surface area contributed by atoms with Crippen LogP contribution in [0.5, 0.6) is 5.75 Å². The van der Waals surface area contributed by atoms with E-state index in [4.69, 9.17) is 4.74 Å². The first-order valence-corrected chi connectivity index (χ1v) is 7.00. The van der Waals surface area contributed by atoms with Gasteiger partial charge in [0.05, 0.1) is 10.6 Å². The molecule has 1 aromatic carbocycles. The van der Waals surface area contributed by atoms with Gasteiger partial charge in [0.15, 0.2) is 0 Å². The lowest BCUT2D eigenvalue weighted by molar-refractivity contribution is 0.295. The Hall–Kier alpha value is -1.12. The third-order valence-electron chi connectivity index (χ3n) is 3.48. The van der Waals surface area contributed by atoms with Crippen molar-refractivity contribution in [3.8, 4) is 5.75 Å². The first-order chi connectivity index (χ1) is 8.64. The molecule has 0 unspecified atom stereocenters. The van der Waals surface area contributed by atoms with Crippen LogP contribution in [0.4, 0.5) is 0 Å². The standard InChI is InChI=1S/C14H14BrNO2/c1-9-6-11(14(4-5-14)16-8-17)13(12(15)7-9)18-10-2-3-10/h6-7,10H,2-5H2,1H3. The Kier molecular flexibility index (Phi) is 2.80. The van der Waals surface area contributed by atoms with Gasteiger partial charge in [-0.25, -0.2) is 4.79 Å². The van der Waals surface area contributed by atoms with Crippen LogP contribution in [0, 0.1) is 6.92 Å². The molecule has 2 aliphatic carbocycles. The smallest absolute Gasteiger partial charge is 0.235 e. The van der Waals surface area contributed by atoms with Gasteiger partial charge in [0.2, 0.25) is 6.08 Å². The van der Waals surface area contributed by atoms with E-state index < -0.39 is 0 Å². The number of hydrogen-bond donors (Lipinski definition) is 0. The number of benzene rings is 1. The first kappa shape index (κ1) is 11.9. The van der Waals surface area contributed by atoms with Gasteiger partial charge < -0.3 is 4.74 Å². The monoisotopic (exact) mass is 307 g/mol. The summed E-state index contributed by atoms with van der Waals surface area (Å²) in [6.07, 6.45) is 6.07. The van der Waals surface area contributed by atoms with Gasteiger partial charge >= 0.3 is 0 Å². The van der Waals surface area contributed by atoms with Gasteiger partial charge in [-0.2, -0.15) is 4.99 Å². The van der Waals surface area contributed by atoms with Crippen molar-refractivity contribution in [2.75, 3.05) is 0 Å². The van der Waals surface area contributed by atoms with E-state index in [1.54, 1.807) is 6.08 Å². The molecule has 0 spiro atoms. The zero-order valence-electron chi connectivity index (χ0n) is 10.2. The number of carbonyl (C=O) groups excluding carboxylic acids is 1. The van der Waals surface area contributed by atoms with Crippen LogP contribution in [0.1, 0.15) is 36.8 Å². The average Bonchev–Trinajstić information content (AvgIpc) is 3.18. The molecule has 1 aromatic rings. The summed E-state index contributed by atoms with van der Waals surface area (Å²) in [5.41, 5.74) is 1.80. The molecule has 0 heterocycles. The van der Waals surface area contributed by atoms with Crippen molar-refractivity contribution in [2.24, 2.45) is 4.99 Å². The molecular weight excluding hydrogens is 294 g/mol. The lowest BCUT2D eigenvalue weighted by atomic mass is 10.0. The summed E-state index contributed by atoms with van der Waals surface area (Å²) in [6, 6.07) is 4.12. The highest BCUT2D eigenvalue weighted by atomic mass is 79.9. The van der Waals surface area contributed by atoms with Crippen molar-refractivity contribution in [3.63, 3.8) is 0 Å². The Bertz CT molecular complexity index is 541. The van der Waals surface area contributed by atoms with Crippen LogP contribution in [0.3, 0.4) is 0 Å². The van der Waals surface area contributed by atoms with E-state index in [0.717, 1.165) is 47.0 Å². The predicted octanol–water partition coefficient (Wildman–Crippen LogP) is 3.62. The number of aryl methyl sites for hydroxylation is 1. The van der Waals surface area contributed by atoms with Crippen molar-refractivity contribution >= 4 is 22.0 Å². The molecule has 0 saturated heterocycles. The fourth-order valence-corrected chi connectivity index (χ4v) is 2.86. The minimum Gasteiger partial charge on any atom is -0.489 e. The highest BCUT2D eigenvalue weighted by Gasteiger charge is 2.47. The van der Waals surface area contributed by atoms with Gasteiger partial charge in [-0.1, -0.05) is 0 Å². The number of hydrogen-bond acceptors (Lipinski definition) is 3. The zero-order chi connectivity index (χ0) is 12.8. The summed E-state index contributed by atoms with van der Waals surface area (Å²) >= 11 is 3.56. The molecule has 2 saturated carbocycles.